The Kier molecular flexibility index (Phi) is 4.32. The maximum Gasteiger partial charge on any atom is 0.137 e. The van der Waals surface area contributed by atoms with Gasteiger partial charge in [0.05, 0.1) is 19.9 Å². The van der Waals surface area contributed by atoms with Crippen LogP contribution in [-0.2, 0) is 6.54 Å². The molecule has 0 unspecified atom stereocenters. The van der Waals surface area contributed by atoms with Gasteiger partial charge in [0, 0.05) is 36.6 Å². The standard InChI is InChI=1S/C20H23N3O2/c1-24-16-8-9-17(19(12-16)25-2)18-6-5-11-22(18)13-15-14-23-10-4-3-7-20(23)21-15/h3-4,7-10,12,14,18H,5-6,11,13H2,1-2H3/t18-/m1/s1. The van der Waals surface area contributed by atoms with Crippen molar-refractivity contribution in [3.05, 3.63) is 60.0 Å². The van der Waals surface area contributed by atoms with Gasteiger partial charge >= 0.3 is 0 Å². The van der Waals surface area contributed by atoms with Crippen LogP contribution >= 0.6 is 0 Å². The molecule has 0 N–H and O–H groups in total. The van der Waals surface area contributed by atoms with Crippen LogP contribution in [0.1, 0.15) is 30.1 Å². The van der Waals surface area contributed by atoms with Gasteiger partial charge in [-0.1, -0.05) is 12.1 Å². The number of fused-ring (bicyclic) bond motifs is 1. The van der Waals surface area contributed by atoms with Crippen molar-refractivity contribution in [2.75, 3.05) is 20.8 Å². The van der Waals surface area contributed by atoms with Gasteiger partial charge in [0.2, 0.25) is 0 Å². The van der Waals surface area contributed by atoms with Gasteiger partial charge in [0.15, 0.2) is 0 Å². The van der Waals surface area contributed by atoms with Crippen molar-refractivity contribution in [3.63, 3.8) is 0 Å². The number of nitrogens with zero attached hydrogens (tertiary/aromatic N) is 3. The van der Waals surface area contributed by atoms with Crippen LogP contribution in [-0.4, -0.2) is 35.0 Å². The number of pyridine rings is 1. The number of benzene rings is 1. The third-order valence-corrected chi connectivity index (χ3v) is 4.94. The molecule has 0 amide bonds. The van der Waals surface area contributed by atoms with Crippen molar-refractivity contribution in [2.45, 2.75) is 25.4 Å². The Morgan fingerprint density at radius 3 is 2.88 bits per heavy atom. The molecular weight excluding hydrogens is 314 g/mol. The molecule has 1 atom stereocenters. The van der Waals surface area contributed by atoms with Crippen LogP contribution in [0.5, 0.6) is 11.5 Å². The highest BCUT2D eigenvalue weighted by molar-refractivity contribution is 5.43. The molecule has 5 nitrogen and oxygen atoms in total. The quantitative estimate of drug-likeness (QED) is 0.712. The van der Waals surface area contributed by atoms with E-state index in [-0.39, 0.29) is 0 Å². The van der Waals surface area contributed by atoms with Crippen LogP contribution in [0.3, 0.4) is 0 Å². The average Bonchev–Trinajstić information content (AvgIpc) is 3.27. The van der Waals surface area contributed by atoms with E-state index in [0.29, 0.717) is 6.04 Å². The van der Waals surface area contributed by atoms with Gasteiger partial charge in [0.1, 0.15) is 17.1 Å². The number of likely N-dealkylation sites (tertiary alicyclic amines) is 1. The van der Waals surface area contributed by atoms with Gasteiger partial charge in [0.25, 0.3) is 0 Å². The Hall–Kier alpha value is -2.53. The van der Waals surface area contributed by atoms with E-state index in [9.17, 15) is 0 Å². The summed E-state index contributed by atoms with van der Waals surface area (Å²) >= 11 is 0. The zero-order chi connectivity index (χ0) is 17.2. The Morgan fingerprint density at radius 2 is 2.08 bits per heavy atom. The van der Waals surface area contributed by atoms with Crippen molar-refractivity contribution in [2.24, 2.45) is 0 Å². The van der Waals surface area contributed by atoms with Gasteiger partial charge in [-0.2, -0.15) is 0 Å². The predicted molar refractivity (Wildman–Crippen MR) is 97.1 cm³/mol. The van der Waals surface area contributed by atoms with Gasteiger partial charge in [-0.05, 0) is 37.6 Å². The summed E-state index contributed by atoms with van der Waals surface area (Å²) in [6, 6.07) is 12.6. The van der Waals surface area contributed by atoms with Crippen LogP contribution in [0.25, 0.3) is 5.65 Å². The van der Waals surface area contributed by atoms with E-state index in [0.717, 1.165) is 42.4 Å². The molecule has 0 spiro atoms. The second-order valence-corrected chi connectivity index (χ2v) is 6.43. The number of rotatable bonds is 5. The molecule has 3 heterocycles. The van der Waals surface area contributed by atoms with Crippen molar-refractivity contribution in [1.82, 2.24) is 14.3 Å². The molecule has 1 aliphatic heterocycles. The molecule has 0 saturated carbocycles. The fraction of sp³-hybridized carbons (Fsp3) is 0.350. The fourth-order valence-corrected chi connectivity index (χ4v) is 3.73. The molecule has 130 valence electrons. The summed E-state index contributed by atoms with van der Waals surface area (Å²) in [6.45, 7) is 1.93. The minimum atomic E-state index is 0.352. The van der Waals surface area contributed by atoms with Crippen molar-refractivity contribution in [1.29, 1.82) is 0 Å². The van der Waals surface area contributed by atoms with Gasteiger partial charge < -0.3 is 13.9 Å². The van der Waals surface area contributed by atoms with Crippen molar-refractivity contribution < 1.29 is 9.47 Å². The highest BCUT2D eigenvalue weighted by Crippen LogP contribution is 2.39. The number of ether oxygens (including phenoxy) is 2. The molecule has 1 fully saturated rings. The van der Waals surface area contributed by atoms with Gasteiger partial charge in [-0.25, -0.2) is 4.98 Å². The summed E-state index contributed by atoms with van der Waals surface area (Å²) < 4.78 is 13.0. The van der Waals surface area contributed by atoms with Crippen LogP contribution in [0.15, 0.2) is 48.8 Å². The third kappa shape index (κ3) is 3.07. The summed E-state index contributed by atoms with van der Waals surface area (Å²) in [5, 5.41) is 0. The number of hydrogen-bond donors (Lipinski definition) is 0. The first-order chi connectivity index (χ1) is 12.3. The Labute approximate surface area is 147 Å². The molecular formula is C20H23N3O2. The van der Waals surface area contributed by atoms with E-state index in [1.807, 2.05) is 36.5 Å². The molecule has 1 aliphatic rings. The molecule has 1 aromatic carbocycles. The first-order valence-electron chi connectivity index (χ1n) is 8.67. The minimum absolute atomic E-state index is 0.352. The average molecular weight is 337 g/mol. The van der Waals surface area contributed by atoms with Gasteiger partial charge in [-0.15, -0.1) is 0 Å². The molecule has 0 radical (unpaired) electrons. The molecule has 4 rings (SSSR count). The summed E-state index contributed by atoms with van der Waals surface area (Å²) in [5.41, 5.74) is 3.32. The second kappa shape index (κ2) is 6.76. The smallest absolute Gasteiger partial charge is 0.137 e. The highest BCUT2D eigenvalue weighted by atomic mass is 16.5. The topological polar surface area (TPSA) is 39.0 Å². The number of methoxy groups -OCH3 is 2. The SMILES string of the molecule is COc1ccc([C@H]2CCCN2Cc2cn3ccccc3n2)c(OC)c1. The monoisotopic (exact) mass is 337 g/mol. The summed E-state index contributed by atoms with van der Waals surface area (Å²) in [7, 11) is 3.40. The highest BCUT2D eigenvalue weighted by Gasteiger charge is 2.29. The Balaban J connectivity index is 1.60. The van der Waals surface area contributed by atoms with Gasteiger partial charge in [-0.3, -0.25) is 4.90 Å². The van der Waals surface area contributed by atoms with E-state index >= 15 is 0 Å². The largest absolute Gasteiger partial charge is 0.497 e. The summed E-state index contributed by atoms with van der Waals surface area (Å²) in [5.74, 6) is 1.72. The normalized spacial score (nSPS) is 17.9. The molecule has 0 aliphatic carbocycles. The van der Waals surface area contributed by atoms with Crippen LogP contribution < -0.4 is 9.47 Å². The molecule has 0 bridgehead atoms. The second-order valence-electron chi connectivity index (χ2n) is 6.43. The third-order valence-electron chi connectivity index (χ3n) is 4.94. The number of imidazole rings is 1. The van der Waals surface area contributed by atoms with E-state index in [2.05, 4.69) is 21.6 Å². The van der Waals surface area contributed by atoms with Crippen molar-refractivity contribution in [3.8, 4) is 11.5 Å². The van der Waals surface area contributed by atoms with E-state index < -0.39 is 0 Å². The molecule has 1 saturated heterocycles. The van der Waals surface area contributed by atoms with E-state index in [4.69, 9.17) is 14.5 Å². The lowest BCUT2D eigenvalue weighted by Crippen LogP contribution is -2.23. The summed E-state index contributed by atoms with van der Waals surface area (Å²) in [6.07, 6.45) is 6.49. The predicted octanol–water partition coefficient (Wildman–Crippen LogP) is 3.69. The molecule has 3 aromatic rings. The summed E-state index contributed by atoms with van der Waals surface area (Å²) in [4.78, 5) is 7.24. The lowest BCUT2D eigenvalue weighted by molar-refractivity contribution is 0.240. The van der Waals surface area contributed by atoms with E-state index in [1.54, 1.807) is 14.2 Å². The maximum absolute atomic E-state index is 5.62. The van der Waals surface area contributed by atoms with Crippen molar-refractivity contribution >= 4 is 5.65 Å². The van der Waals surface area contributed by atoms with Crippen LogP contribution in [0.2, 0.25) is 0 Å². The molecule has 25 heavy (non-hydrogen) atoms. The minimum Gasteiger partial charge on any atom is -0.497 e. The lowest BCUT2D eigenvalue weighted by Gasteiger charge is -2.25. The molecule has 2 aromatic heterocycles. The molecule has 5 heteroatoms. The van der Waals surface area contributed by atoms with Crippen LogP contribution in [0.4, 0.5) is 0 Å². The Morgan fingerprint density at radius 1 is 1.16 bits per heavy atom. The Bertz CT molecular complexity index is 841. The zero-order valence-electron chi connectivity index (χ0n) is 14.7. The number of aromatic nitrogens is 2. The number of hydrogen-bond acceptors (Lipinski definition) is 4. The van der Waals surface area contributed by atoms with Crippen LogP contribution in [0, 0.1) is 0 Å². The first-order valence-corrected chi connectivity index (χ1v) is 8.67. The van der Waals surface area contributed by atoms with E-state index in [1.165, 1.54) is 12.0 Å². The fourth-order valence-electron chi connectivity index (χ4n) is 3.73. The lowest BCUT2D eigenvalue weighted by atomic mass is 10.0. The maximum atomic E-state index is 5.62. The first kappa shape index (κ1) is 16.0. The zero-order valence-corrected chi connectivity index (χ0v) is 14.7.